The van der Waals surface area contributed by atoms with Crippen LogP contribution in [0.3, 0.4) is 0 Å². The summed E-state index contributed by atoms with van der Waals surface area (Å²) in [6.45, 7) is 10.2. The Morgan fingerprint density at radius 1 is 1.18 bits per heavy atom. The second-order valence-electron chi connectivity index (χ2n) is 9.32. The van der Waals surface area contributed by atoms with Crippen molar-refractivity contribution in [3.05, 3.63) is 62.1 Å². The van der Waals surface area contributed by atoms with Crippen molar-refractivity contribution in [2.24, 2.45) is 11.7 Å². The molecule has 0 bridgehead atoms. The number of benzene rings is 2. The number of carbonyl (C=O) groups is 2. The van der Waals surface area contributed by atoms with Gasteiger partial charge in [0.2, 0.25) is 12.3 Å². The fourth-order valence-corrected chi connectivity index (χ4v) is 3.51. The molecule has 0 spiro atoms. The number of ether oxygens (including phenoxy) is 2. The van der Waals surface area contributed by atoms with Crippen LogP contribution in [0, 0.1) is 16.0 Å². The Morgan fingerprint density at radius 2 is 1.74 bits per heavy atom. The SMILES string of the molecule is CC(C)C.CCC(Cc1ccc(Br)cc1)NC(=O)CCCOc1cc([N+](=O)[O-])c(C(C)O)cc1OC.NC=O. The molecule has 2 amide bonds. The smallest absolute Gasteiger partial charge is 0.279 e. The van der Waals surface area contributed by atoms with Crippen LogP contribution in [-0.4, -0.2) is 42.1 Å². The van der Waals surface area contributed by atoms with Crippen molar-refractivity contribution in [1.29, 1.82) is 0 Å². The third kappa shape index (κ3) is 15.1. The molecule has 2 aromatic carbocycles. The highest BCUT2D eigenvalue weighted by atomic mass is 79.9. The summed E-state index contributed by atoms with van der Waals surface area (Å²) in [5.74, 6) is 1.25. The number of rotatable bonds is 12. The van der Waals surface area contributed by atoms with Gasteiger partial charge in [-0.1, -0.05) is 55.8 Å². The number of aliphatic hydroxyl groups is 1. The maximum Gasteiger partial charge on any atom is 0.279 e. The molecule has 0 heterocycles. The van der Waals surface area contributed by atoms with Gasteiger partial charge in [0.1, 0.15) is 0 Å². The molecule has 0 aliphatic rings. The second-order valence-corrected chi connectivity index (χ2v) is 10.2. The van der Waals surface area contributed by atoms with Gasteiger partial charge in [-0.2, -0.15) is 0 Å². The van der Waals surface area contributed by atoms with Gasteiger partial charge in [-0.15, -0.1) is 0 Å². The molecule has 2 unspecified atom stereocenters. The van der Waals surface area contributed by atoms with E-state index >= 15 is 0 Å². The van der Waals surface area contributed by atoms with Crippen LogP contribution in [0.15, 0.2) is 40.9 Å². The van der Waals surface area contributed by atoms with Gasteiger partial charge in [0.15, 0.2) is 11.5 Å². The molecule has 0 saturated carbocycles. The van der Waals surface area contributed by atoms with Gasteiger partial charge in [0, 0.05) is 16.9 Å². The first-order valence-electron chi connectivity index (χ1n) is 12.8. The zero-order valence-electron chi connectivity index (χ0n) is 23.6. The van der Waals surface area contributed by atoms with Crippen LogP contribution in [-0.2, 0) is 16.0 Å². The van der Waals surface area contributed by atoms with E-state index in [1.54, 1.807) is 0 Å². The number of hydrogen-bond donors (Lipinski definition) is 3. The lowest BCUT2D eigenvalue weighted by atomic mass is 10.0. The number of halogens is 1. The van der Waals surface area contributed by atoms with E-state index in [4.69, 9.17) is 14.3 Å². The molecule has 2 aromatic rings. The van der Waals surface area contributed by atoms with Crippen LogP contribution in [0.25, 0.3) is 0 Å². The molecule has 10 nitrogen and oxygen atoms in total. The van der Waals surface area contributed by atoms with Crippen LogP contribution >= 0.6 is 15.9 Å². The molecule has 0 aromatic heterocycles. The van der Waals surface area contributed by atoms with Crippen molar-refractivity contribution in [1.82, 2.24) is 5.32 Å². The lowest BCUT2D eigenvalue weighted by Crippen LogP contribution is -2.36. The number of nitro benzene ring substituents is 1. The number of nitrogens with two attached hydrogens (primary N) is 1. The number of hydrogen-bond acceptors (Lipinski definition) is 7. The Kier molecular flexibility index (Phi) is 18.2. The first kappa shape index (κ1) is 35.8. The van der Waals surface area contributed by atoms with Gasteiger partial charge in [-0.05, 0) is 55.9 Å². The molecule has 2 rings (SSSR count). The quantitative estimate of drug-likeness (QED) is 0.124. The molecule has 11 heteroatoms. The summed E-state index contributed by atoms with van der Waals surface area (Å²) in [5, 5.41) is 24.2. The molecule has 4 N–H and O–H groups in total. The number of nitrogens with one attached hydrogen (secondary N) is 1. The summed E-state index contributed by atoms with van der Waals surface area (Å²) >= 11 is 3.42. The fraction of sp³-hybridized carbons (Fsp3) is 0.500. The molecule has 218 valence electrons. The Morgan fingerprint density at radius 3 is 2.21 bits per heavy atom. The van der Waals surface area contributed by atoms with E-state index in [1.807, 2.05) is 31.2 Å². The minimum Gasteiger partial charge on any atom is -0.493 e. The number of carbonyl (C=O) groups excluding carboxylic acids is 2. The van der Waals surface area contributed by atoms with E-state index in [1.165, 1.54) is 26.2 Å². The third-order valence-corrected chi connectivity index (χ3v) is 5.55. The largest absolute Gasteiger partial charge is 0.493 e. The molecule has 2 atom stereocenters. The standard InChI is InChI=1S/C23H29BrN2O6.C4H10.CH3NO/c1-4-18(12-16-7-9-17(24)10-8-16)25-23(28)6-5-11-32-22-14-20(26(29)30)19(15(2)27)13-21(22)31-3;1-4(2)3;2-1-3/h7-10,13-15,18,27H,4-6,11-12H2,1-3H3,(H,25,28);4H,1-3H3;1H,(H2,2,3). The molecule has 0 saturated heterocycles. The van der Waals surface area contributed by atoms with Gasteiger partial charge in [-0.25, -0.2) is 0 Å². The Bertz CT molecular complexity index is 1010. The molecule has 0 aliphatic carbocycles. The highest BCUT2D eigenvalue weighted by molar-refractivity contribution is 9.10. The highest BCUT2D eigenvalue weighted by Gasteiger charge is 2.22. The average molecular weight is 613 g/mol. The minimum absolute atomic E-state index is 0.0420. The summed E-state index contributed by atoms with van der Waals surface area (Å²) in [6, 6.07) is 10.7. The summed E-state index contributed by atoms with van der Waals surface area (Å²) < 4.78 is 11.9. The first-order valence-corrected chi connectivity index (χ1v) is 13.6. The minimum atomic E-state index is -1.02. The van der Waals surface area contributed by atoms with Gasteiger partial charge >= 0.3 is 0 Å². The number of aliphatic hydroxyl groups excluding tert-OH is 1. The van der Waals surface area contributed by atoms with Crippen molar-refractivity contribution in [2.45, 2.75) is 72.4 Å². The summed E-state index contributed by atoms with van der Waals surface area (Å²) in [7, 11) is 1.42. The van der Waals surface area contributed by atoms with Crippen LogP contribution < -0.4 is 20.5 Å². The van der Waals surface area contributed by atoms with E-state index in [-0.39, 0.29) is 54.1 Å². The Balaban J connectivity index is 0.00000185. The number of methoxy groups -OCH3 is 1. The van der Waals surface area contributed by atoms with E-state index in [0.29, 0.717) is 6.42 Å². The third-order valence-electron chi connectivity index (χ3n) is 5.02. The maximum absolute atomic E-state index is 12.3. The van der Waals surface area contributed by atoms with Gasteiger partial charge in [0.05, 0.1) is 36.4 Å². The van der Waals surface area contributed by atoms with Crippen molar-refractivity contribution in [3.8, 4) is 11.5 Å². The van der Waals surface area contributed by atoms with Crippen molar-refractivity contribution in [2.75, 3.05) is 13.7 Å². The topological polar surface area (TPSA) is 154 Å². The number of primary amides is 1. The van der Waals surface area contributed by atoms with Crippen LogP contribution in [0.4, 0.5) is 5.69 Å². The van der Waals surface area contributed by atoms with Crippen molar-refractivity contribution < 1.29 is 29.1 Å². The number of nitrogens with zero attached hydrogens (tertiary/aromatic N) is 1. The summed E-state index contributed by atoms with van der Waals surface area (Å²) in [6.07, 6.45) is 1.51. The fourth-order valence-electron chi connectivity index (χ4n) is 3.25. The molecular weight excluding hydrogens is 570 g/mol. The summed E-state index contributed by atoms with van der Waals surface area (Å²) in [5.41, 5.74) is 5.22. The number of nitro groups is 1. The lowest BCUT2D eigenvalue weighted by molar-refractivity contribution is -0.386. The van der Waals surface area contributed by atoms with Gasteiger partial charge in [-0.3, -0.25) is 19.7 Å². The summed E-state index contributed by atoms with van der Waals surface area (Å²) in [4.78, 5) is 31.7. The predicted molar refractivity (Wildman–Crippen MR) is 156 cm³/mol. The van der Waals surface area contributed by atoms with Gasteiger partial charge < -0.3 is 25.6 Å². The zero-order valence-corrected chi connectivity index (χ0v) is 25.2. The van der Waals surface area contributed by atoms with Gasteiger partial charge in [0.25, 0.3) is 5.69 Å². The van der Waals surface area contributed by atoms with Crippen LogP contribution in [0.1, 0.15) is 71.1 Å². The van der Waals surface area contributed by atoms with Crippen LogP contribution in [0.5, 0.6) is 11.5 Å². The molecule has 39 heavy (non-hydrogen) atoms. The van der Waals surface area contributed by atoms with Crippen molar-refractivity contribution in [3.63, 3.8) is 0 Å². The zero-order chi connectivity index (χ0) is 30.0. The molecule has 0 aliphatic heterocycles. The Hall–Kier alpha value is -3.18. The highest BCUT2D eigenvalue weighted by Crippen LogP contribution is 2.37. The predicted octanol–water partition coefficient (Wildman–Crippen LogP) is 5.48. The lowest BCUT2D eigenvalue weighted by Gasteiger charge is -2.17. The first-order chi connectivity index (χ1) is 18.4. The Labute approximate surface area is 239 Å². The van der Waals surface area contributed by atoms with E-state index < -0.39 is 11.0 Å². The molecular formula is C28H42BrN3O7. The monoisotopic (exact) mass is 611 g/mol. The van der Waals surface area contributed by atoms with Crippen LogP contribution in [0.2, 0.25) is 0 Å². The van der Waals surface area contributed by atoms with E-state index in [2.05, 4.69) is 47.8 Å². The van der Waals surface area contributed by atoms with E-state index in [9.17, 15) is 20.0 Å². The van der Waals surface area contributed by atoms with Crippen molar-refractivity contribution >= 4 is 33.9 Å². The average Bonchev–Trinajstić information content (AvgIpc) is 2.87. The number of amides is 2. The van der Waals surface area contributed by atoms with E-state index in [0.717, 1.165) is 28.8 Å². The maximum atomic E-state index is 12.3. The molecule has 0 fully saturated rings. The second kappa shape index (κ2) is 19.8. The normalized spacial score (nSPS) is 11.6. The molecule has 0 radical (unpaired) electrons.